The summed E-state index contributed by atoms with van der Waals surface area (Å²) in [5.41, 5.74) is 1.51. The van der Waals surface area contributed by atoms with E-state index in [0.29, 0.717) is 12.0 Å². The summed E-state index contributed by atoms with van der Waals surface area (Å²) in [5.74, 6) is 3.76. The highest BCUT2D eigenvalue weighted by Crippen LogP contribution is 2.61. The van der Waals surface area contributed by atoms with Gasteiger partial charge < -0.3 is 15.1 Å². The summed E-state index contributed by atoms with van der Waals surface area (Å²) in [6.07, 6.45) is 9.99. The molecule has 6 rings (SSSR count). The van der Waals surface area contributed by atoms with E-state index in [2.05, 4.69) is 29.7 Å². The van der Waals surface area contributed by atoms with Crippen LogP contribution in [0.4, 0.5) is 0 Å². The van der Waals surface area contributed by atoms with Crippen molar-refractivity contribution in [3.8, 4) is 0 Å². The molecule has 4 saturated carbocycles. The Bertz CT molecular complexity index is 794. The van der Waals surface area contributed by atoms with Crippen molar-refractivity contribution in [1.29, 1.82) is 0 Å². The first-order valence-electron chi connectivity index (χ1n) is 11.3. The van der Waals surface area contributed by atoms with Crippen LogP contribution in [0.2, 0.25) is 0 Å². The highest BCUT2D eigenvalue weighted by atomic mass is 16.3. The van der Waals surface area contributed by atoms with Crippen LogP contribution < -0.4 is 10.6 Å². The number of benzene rings is 1. The summed E-state index contributed by atoms with van der Waals surface area (Å²) in [6, 6.07) is 14.5. The van der Waals surface area contributed by atoms with E-state index < -0.39 is 0 Å². The van der Waals surface area contributed by atoms with Crippen molar-refractivity contribution in [2.45, 2.75) is 57.5 Å². The lowest BCUT2D eigenvalue weighted by atomic mass is 9.48. The Kier molecular flexibility index (Phi) is 4.99. The maximum atomic E-state index is 12.9. The molecule has 1 aromatic heterocycles. The lowest BCUT2D eigenvalue weighted by Gasteiger charge is -2.59. The van der Waals surface area contributed by atoms with E-state index in [4.69, 9.17) is 4.42 Å². The largest absolute Gasteiger partial charge is 0.463 e. The van der Waals surface area contributed by atoms with Gasteiger partial charge >= 0.3 is 0 Å². The molecule has 2 atom stereocenters. The van der Waals surface area contributed by atoms with Crippen molar-refractivity contribution >= 4 is 5.91 Å². The monoisotopic (exact) mass is 393 g/mol. The van der Waals surface area contributed by atoms with Crippen molar-refractivity contribution in [1.82, 2.24) is 5.32 Å². The van der Waals surface area contributed by atoms with Crippen LogP contribution in [0, 0.1) is 23.2 Å². The van der Waals surface area contributed by atoms with E-state index in [0.717, 1.165) is 29.1 Å². The first-order chi connectivity index (χ1) is 14.1. The van der Waals surface area contributed by atoms with Crippen LogP contribution in [0.15, 0.2) is 53.1 Å². The van der Waals surface area contributed by atoms with Gasteiger partial charge in [-0.25, -0.2) is 0 Å². The highest BCUT2D eigenvalue weighted by molar-refractivity contribution is 5.77. The van der Waals surface area contributed by atoms with E-state index in [1.165, 1.54) is 38.5 Å². The average Bonchev–Trinajstić information content (AvgIpc) is 3.22. The quantitative estimate of drug-likeness (QED) is 0.754. The molecule has 0 unspecified atom stereocenters. The molecule has 0 aliphatic heterocycles. The van der Waals surface area contributed by atoms with Gasteiger partial charge in [-0.1, -0.05) is 30.3 Å². The van der Waals surface area contributed by atoms with Crippen LogP contribution in [0.3, 0.4) is 0 Å². The van der Waals surface area contributed by atoms with Gasteiger partial charge in [0.25, 0.3) is 5.91 Å². The van der Waals surface area contributed by atoms with Crippen LogP contribution >= 0.6 is 0 Å². The molecule has 3 N–H and O–H groups in total. The number of quaternary nitrogens is 1. The predicted molar refractivity (Wildman–Crippen MR) is 112 cm³/mol. The van der Waals surface area contributed by atoms with Gasteiger partial charge in [0, 0.05) is 11.6 Å². The molecule has 2 aromatic rings. The zero-order chi connectivity index (χ0) is 19.8. The number of hydrogen-bond donors (Lipinski definition) is 2. The van der Waals surface area contributed by atoms with Gasteiger partial charge in [0.1, 0.15) is 0 Å². The normalized spacial score (nSPS) is 32.1. The second kappa shape index (κ2) is 7.64. The molecule has 154 valence electrons. The standard InChI is InChI=1S/C25H32N2O2/c1-17(25-13-18-10-19(14-25)12-20(11-18)15-25)27-23(28)16-26-24(22-8-5-9-29-22)21-6-3-2-4-7-21/h2-9,17-20,24,26H,10-16H2,1H3,(H,27,28)/p+1/t17-,18?,19?,20?,24+,25?/m0/s1. The zero-order valence-electron chi connectivity index (χ0n) is 17.3. The van der Waals surface area contributed by atoms with E-state index >= 15 is 0 Å². The summed E-state index contributed by atoms with van der Waals surface area (Å²) in [5, 5.41) is 5.48. The first-order valence-corrected chi connectivity index (χ1v) is 11.3. The number of furan rings is 1. The number of hydrogen-bond acceptors (Lipinski definition) is 2. The van der Waals surface area contributed by atoms with Crippen molar-refractivity contribution in [2.75, 3.05) is 6.54 Å². The third-order valence-electron chi connectivity index (χ3n) is 7.93. The molecule has 1 heterocycles. The van der Waals surface area contributed by atoms with Crippen LogP contribution in [0.25, 0.3) is 0 Å². The Morgan fingerprint density at radius 1 is 1.07 bits per heavy atom. The zero-order valence-corrected chi connectivity index (χ0v) is 17.3. The molecule has 4 aliphatic carbocycles. The molecule has 4 aliphatic rings. The second-order valence-corrected chi connectivity index (χ2v) is 9.91. The fourth-order valence-electron chi connectivity index (χ4n) is 6.93. The summed E-state index contributed by atoms with van der Waals surface area (Å²) in [7, 11) is 0. The summed E-state index contributed by atoms with van der Waals surface area (Å²) >= 11 is 0. The van der Waals surface area contributed by atoms with Crippen molar-refractivity contribution in [3.63, 3.8) is 0 Å². The topological polar surface area (TPSA) is 58.9 Å². The highest BCUT2D eigenvalue weighted by Gasteiger charge is 2.53. The summed E-state index contributed by atoms with van der Waals surface area (Å²) in [6.45, 7) is 2.67. The van der Waals surface area contributed by atoms with Gasteiger partial charge in [-0.3, -0.25) is 4.79 Å². The molecule has 0 saturated heterocycles. The molecule has 4 nitrogen and oxygen atoms in total. The van der Waals surface area contributed by atoms with E-state index in [-0.39, 0.29) is 18.0 Å². The van der Waals surface area contributed by atoms with Gasteiger partial charge in [0.15, 0.2) is 18.3 Å². The Morgan fingerprint density at radius 2 is 1.72 bits per heavy atom. The molecule has 1 aromatic carbocycles. The van der Waals surface area contributed by atoms with Gasteiger partial charge in [0.05, 0.1) is 6.26 Å². The minimum atomic E-state index is 0.00630. The maximum Gasteiger partial charge on any atom is 0.275 e. The lowest BCUT2D eigenvalue weighted by molar-refractivity contribution is -0.678. The third kappa shape index (κ3) is 3.75. The predicted octanol–water partition coefficient (Wildman–Crippen LogP) is 3.65. The Morgan fingerprint density at radius 3 is 2.31 bits per heavy atom. The minimum Gasteiger partial charge on any atom is -0.463 e. The third-order valence-corrected chi connectivity index (χ3v) is 7.93. The first kappa shape index (κ1) is 18.9. The SMILES string of the molecule is C[C@H](NC(=O)C[NH2+][C@H](c1ccccc1)c1ccco1)C12CC3CC(CC(C3)C1)C2. The number of carbonyl (C=O) groups is 1. The summed E-state index contributed by atoms with van der Waals surface area (Å²) in [4.78, 5) is 12.9. The van der Waals surface area contributed by atoms with Crippen LogP contribution in [-0.2, 0) is 4.79 Å². The van der Waals surface area contributed by atoms with Gasteiger partial charge in [-0.05, 0) is 80.8 Å². The fourth-order valence-corrected chi connectivity index (χ4v) is 6.93. The van der Waals surface area contributed by atoms with Crippen LogP contribution in [0.1, 0.15) is 62.8 Å². The molecule has 4 bridgehead atoms. The van der Waals surface area contributed by atoms with Gasteiger partial charge in [-0.2, -0.15) is 0 Å². The lowest BCUT2D eigenvalue weighted by Crippen LogP contribution is -2.88. The molecule has 0 radical (unpaired) electrons. The number of nitrogens with one attached hydrogen (secondary N) is 1. The fraction of sp³-hybridized carbons (Fsp3) is 0.560. The molecule has 0 spiro atoms. The average molecular weight is 394 g/mol. The number of nitrogens with two attached hydrogens (primary N) is 1. The van der Waals surface area contributed by atoms with E-state index in [9.17, 15) is 4.79 Å². The van der Waals surface area contributed by atoms with Gasteiger partial charge in [0.2, 0.25) is 0 Å². The molecule has 29 heavy (non-hydrogen) atoms. The minimum absolute atomic E-state index is 0.00630. The molecule has 4 heteroatoms. The molecular formula is C25H33N2O2+. The van der Waals surface area contributed by atoms with E-state index in [1.54, 1.807) is 6.26 Å². The van der Waals surface area contributed by atoms with Crippen LogP contribution in [0.5, 0.6) is 0 Å². The molecular weight excluding hydrogens is 360 g/mol. The Labute approximate surface area is 173 Å². The number of carbonyl (C=O) groups excluding carboxylic acids is 1. The van der Waals surface area contributed by atoms with Gasteiger partial charge in [-0.15, -0.1) is 0 Å². The number of amides is 1. The summed E-state index contributed by atoms with van der Waals surface area (Å²) < 4.78 is 5.67. The number of rotatable bonds is 7. The molecule has 1 amide bonds. The smallest absolute Gasteiger partial charge is 0.275 e. The van der Waals surface area contributed by atoms with Crippen LogP contribution in [-0.4, -0.2) is 18.5 Å². The van der Waals surface area contributed by atoms with Crippen molar-refractivity contribution in [3.05, 3.63) is 60.1 Å². The van der Waals surface area contributed by atoms with Crippen molar-refractivity contribution in [2.24, 2.45) is 23.2 Å². The van der Waals surface area contributed by atoms with E-state index in [1.807, 2.05) is 30.3 Å². The van der Waals surface area contributed by atoms with Crippen molar-refractivity contribution < 1.29 is 14.5 Å². The second-order valence-electron chi connectivity index (χ2n) is 9.91. The molecule has 4 fully saturated rings. The Balaban J connectivity index is 1.22. The maximum absolute atomic E-state index is 12.9. The Hall–Kier alpha value is -2.07.